The van der Waals surface area contributed by atoms with Gasteiger partial charge in [-0.3, -0.25) is 4.99 Å². The summed E-state index contributed by atoms with van der Waals surface area (Å²) < 4.78 is 5.56. The molecule has 0 aromatic rings. The van der Waals surface area contributed by atoms with Crippen molar-refractivity contribution in [2.45, 2.75) is 34.1 Å². The number of likely N-dealkylation sites (N-methyl/N-ethyl adjacent to an activating group) is 1. The Morgan fingerprint density at radius 2 is 1.71 bits per heavy atom. The summed E-state index contributed by atoms with van der Waals surface area (Å²) in [7, 11) is 1.80. The van der Waals surface area contributed by atoms with Crippen molar-refractivity contribution in [1.29, 1.82) is 0 Å². The van der Waals surface area contributed by atoms with Gasteiger partial charge in [-0.2, -0.15) is 0 Å². The molecule has 0 aromatic heterocycles. The minimum atomic E-state index is 0. The van der Waals surface area contributed by atoms with Gasteiger partial charge in [0.05, 0.1) is 6.61 Å². The van der Waals surface area contributed by atoms with Gasteiger partial charge >= 0.3 is 0 Å². The smallest absolute Gasteiger partial charge is 0.191 e. The first-order chi connectivity index (χ1) is 9.63. The molecule has 0 spiro atoms. The first-order valence-electron chi connectivity index (χ1n) is 7.88. The van der Waals surface area contributed by atoms with E-state index in [9.17, 15) is 0 Å². The number of guanidine groups is 1. The van der Waals surface area contributed by atoms with E-state index in [1.807, 2.05) is 0 Å². The van der Waals surface area contributed by atoms with Crippen LogP contribution in [0.25, 0.3) is 0 Å². The molecule has 21 heavy (non-hydrogen) atoms. The molecule has 0 aliphatic heterocycles. The third-order valence-electron chi connectivity index (χ3n) is 3.22. The third kappa shape index (κ3) is 14.6. The van der Waals surface area contributed by atoms with Gasteiger partial charge in [-0.15, -0.1) is 24.0 Å². The summed E-state index contributed by atoms with van der Waals surface area (Å²) in [4.78, 5) is 6.59. The van der Waals surface area contributed by atoms with Crippen LogP contribution in [0.4, 0.5) is 0 Å². The van der Waals surface area contributed by atoms with Gasteiger partial charge in [0.1, 0.15) is 0 Å². The summed E-state index contributed by atoms with van der Waals surface area (Å²) in [5.41, 5.74) is 0. The lowest BCUT2D eigenvalue weighted by molar-refractivity contribution is 0.128. The minimum absolute atomic E-state index is 0. The molecule has 0 fully saturated rings. The number of nitrogens with zero attached hydrogens (tertiary/aromatic N) is 2. The zero-order valence-corrected chi connectivity index (χ0v) is 16.8. The van der Waals surface area contributed by atoms with Gasteiger partial charge in [-0.05, 0) is 25.4 Å². The van der Waals surface area contributed by atoms with Crippen molar-refractivity contribution in [3.63, 3.8) is 0 Å². The molecule has 128 valence electrons. The lowest BCUT2D eigenvalue weighted by atomic mass is 10.1. The van der Waals surface area contributed by atoms with E-state index in [4.69, 9.17) is 4.74 Å². The average molecular weight is 414 g/mol. The summed E-state index contributed by atoms with van der Waals surface area (Å²) in [6.45, 7) is 15.3. The number of hydrogen-bond acceptors (Lipinski definition) is 3. The molecule has 0 saturated heterocycles. The molecule has 6 heteroatoms. The van der Waals surface area contributed by atoms with Crippen molar-refractivity contribution in [2.75, 3.05) is 53.0 Å². The summed E-state index contributed by atoms with van der Waals surface area (Å²) in [5.74, 6) is 1.56. The summed E-state index contributed by atoms with van der Waals surface area (Å²) in [6.07, 6.45) is 1.12. The number of aliphatic imine (C=N–C) groups is 1. The van der Waals surface area contributed by atoms with Crippen molar-refractivity contribution in [1.82, 2.24) is 15.5 Å². The third-order valence-corrected chi connectivity index (χ3v) is 3.22. The summed E-state index contributed by atoms with van der Waals surface area (Å²) in [5, 5.41) is 6.58. The highest BCUT2D eigenvalue weighted by Gasteiger charge is 2.00. The normalized spacial score (nSPS) is 11.7. The zero-order valence-electron chi connectivity index (χ0n) is 14.4. The standard InChI is InChI=1S/C15H34N4O.HI/c1-6-19(7-2)11-9-17-15(16-5)18-10-13-20-12-8-14(3)4;/h14H,6-13H2,1-5H3,(H2,16,17,18);1H. The van der Waals surface area contributed by atoms with Crippen LogP contribution in [0.1, 0.15) is 34.1 Å². The van der Waals surface area contributed by atoms with Crippen LogP contribution in [0.15, 0.2) is 4.99 Å². The molecule has 0 aromatic carbocycles. The fourth-order valence-corrected chi connectivity index (χ4v) is 1.76. The predicted octanol–water partition coefficient (Wildman–Crippen LogP) is 2.17. The average Bonchev–Trinajstić information content (AvgIpc) is 2.44. The molecule has 5 nitrogen and oxygen atoms in total. The second-order valence-electron chi connectivity index (χ2n) is 5.25. The fraction of sp³-hybridized carbons (Fsp3) is 0.933. The zero-order chi connectivity index (χ0) is 15.2. The lowest BCUT2D eigenvalue weighted by Crippen LogP contribution is -2.42. The van der Waals surface area contributed by atoms with Gasteiger partial charge in [-0.1, -0.05) is 27.7 Å². The van der Waals surface area contributed by atoms with E-state index in [-0.39, 0.29) is 24.0 Å². The van der Waals surface area contributed by atoms with Crippen LogP contribution < -0.4 is 10.6 Å². The molecule has 0 aliphatic rings. The van der Waals surface area contributed by atoms with Crippen LogP contribution in [-0.2, 0) is 4.74 Å². The SMILES string of the molecule is CCN(CC)CCNC(=NC)NCCOCCC(C)C.I. The van der Waals surface area contributed by atoms with Gasteiger partial charge < -0.3 is 20.3 Å². The topological polar surface area (TPSA) is 48.9 Å². The Labute approximate surface area is 148 Å². The maximum atomic E-state index is 5.56. The van der Waals surface area contributed by atoms with E-state index < -0.39 is 0 Å². The first-order valence-corrected chi connectivity index (χ1v) is 7.88. The summed E-state index contributed by atoms with van der Waals surface area (Å²) in [6, 6.07) is 0. The van der Waals surface area contributed by atoms with Gasteiger partial charge in [-0.25, -0.2) is 0 Å². The molecule has 2 N–H and O–H groups in total. The van der Waals surface area contributed by atoms with Crippen molar-refractivity contribution in [2.24, 2.45) is 10.9 Å². The predicted molar refractivity (Wildman–Crippen MR) is 103 cm³/mol. The molecular weight excluding hydrogens is 379 g/mol. The Hall–Kier alpha value is -0.0800. The van der Waals surface area contributed by atoms with Crippen molar-refractivity contribution in [3.8, 4) is 0 Å². The maximum Gasteiger partial charge on any atom is 0.191 e. The van der Waals surface area contributed by atoms with Crippen molar-refractivity contribution < 1.29 is 4.74 Å². The molecular formula is C15H35IN4O. The molecule has 0 heterocycles. The van der Waals surface area contributed by atoms with Gasteiger partial charge in [0.15, 0.2) is 5.96 Å². The number of nitrogens with one attached hydrogen (secondary N) is 2. The Morgan fingerprint density at radius 1 is 1.10 bits per heavy atom. The van der Waals surface area contributed by atoms with E-state index in [0.29, 0.717) is 5.92 Å². The Bertz CT molecular complexity index is 246. The number of ether oxygens (including phenoxy) is 1. The molecule has 0 aliphatic carbocycles. The van der Waals surface area contributed by atoms with E-state index in [1.54, 1.807) is 7.05 Å². The highest BCUT2D eigenvalue weighted by atomic mass is 127. The van der Waals surface area contributed by atoms with Gasteiger partial charge in [0.25, 0.3) is 0 Å². The number of hydrogen-bond donors (Lipinski definition) is 2. The molecule has 0 radical (unpaired) electrons. The van der Waals surface area contributed by atoms with Crippen LogP contribution >= 0.6 is 24.0 Å². The van der Waals surface area contributed by atoms with E-state index in [0.717, 1.165) is 58.3 Å². The minimum Gasteiger partial charge on any atom is -0.380 e. The molecule has 0 rings (SSSR count). The molecule has 0 saturated carbocycles. The molecule has 0 unspecified atom stereocenters. The number of halogens is 1. The largest absolute Gasteiger partial charge is 0.380 e. The highest BCUT2D eigenvalue weighted by molar-refractivity contribution is 14.0. The molecule has 0 amide bonds. The van der Waals surface area contributed by atoms with Crippen LogP contribution in [0, 0.1) is 5.92 Å². The lowest BCUT2D eigenvalue weighted by Gasteiger charge is -2.19. The fourth-order valence-electron chi connectivity index (χ4n) is 1.76. The van der Waals surface area contributed by atoms with Crippen LogP contribution in [-0.4, -0.2) is 63.8 Å². The van der Waals surface area contributed by atoms with Crippen molar-refractivity contribution in [3.05, 3.63) is 0 Å². The number of rotatable bonds is 11. The maximum absolute atomic E-state index is 5.56. The van der Waals surface area contributed by atoms with Crippen LogP contribution in [0.3, 0.4) is 0 Å². The van der Waals surface area contributed by atoms with Gasteiger partial charge in [0, 0.05) is 33.3 Å². The quantitative estimate of drug-likeness (QED) is 0.236. The first kappa shape index (κ1) is 23.2. The van der Waals surface area contributed by atoms with E-state index >= 15 is 0 Å². The summed E-state index contributed by atoms with van der Waals surface area (Å²) >= 11 is 0. The van der Waals surface area contributed by atoms with Crippen LogP contribution in [0.2, 0.25) is 0 Å². The second kappa shape index (κ2) is 16.3. The second-order valence-corrected chi connectivity index (χ2v) is 5.25. The van der Waals surface area contributed by atoms with Gasteiger partial charge in [0.2, 0.25) is 0 Å². The Balaban J connectivity index is 0. The Kier molecular flexibility index (Phi) is 18.0. The monoisotopic (exact) mass is 414 g/mol. The molecule has 0 bridgehead atoms. The Morgan fingerprint density at radius 3 is 2.24 bits per heavy atom. The highest BCUT2D eigenvalue weighted by Crippen LogP contribution is 1.98. The van der Waals surface area contributed by atoms with Crippen LogP contribution in [0.5, 0.6) is 0 Å². The van der Waals surface area contributed by atoms with Crippen molar-refractivity contribution >= 4 is 29.9 Å². The molecule has 0 atom stereocenters. The van der Waals surface area contributed by atoms with E-state index in [2.05, 4.69) is 48.2 Å². The van der Waals surface area contributed by atoms with E-state index in [1.165, 1.54) is 0 Å².